The van der Waals surface area contributed by atoms with Gasteiger partial charge in [0.15, 0.2) is 11.6 Å². The highest BCUT2D eigenvalue weighted by Gasteiger charge is 2.24. The highest BCUT2D eigenvalue weighted by Crippen LogP contribution is 2.23. The van der Waals surface area contributed by atoms with Crippen LogP contribution in [0, 0.1) is 6.92 Å². The zero-order valence-corrected chi connectivity index (χ0v) is 18.7. The monoisotopic (exact) mass is 446 g/mol. The molecule has 0 spiro atoms. The number of benzene rings is 1. The predicted molar refractivity (Wildman–Crippen MR) is 125 cm³/mol. The summed E-state index contributed by atoms with van der Waals surface area (Å²) in [5.74, 6) is 2.92. The smallest absolute Gasteiger partial charge is 0.245 e. The van der Waals surface area contributed by atoms with Crippen LogP contribution in [-0.4, -0.2) is 68.9 Å². The Morgan fingerprint density at radius 3 is 2.64 bits per heavy atom. The molecule has 33 heavy (non-hydrogen) atoms. The molecule has 10 nitrogen and oxygen atoms in total. The van der Waals surface area contributed by atoms with Gasteiger partial charge in [-0.2, -0.15) is 10.1 Å². The number of aryl methyl sites for hydroxylation is 1. The number of hydrogen-bond acceptors (Lipinski definition) is 7. The lowest BCUT2D eigenvalue weighted by atomic mass is 10.1. The number of piperazine rings is 1. The Kier molecular flexibility index (Phi) is 5.55. The summed E-state index contributed by atoms with van der Waals surface area (Å²) in [4.78, 5) is 21.6. The maximum Gasteiger partial charge on any atom is 0.245 e. The van der Waals surface area contributed by atoms with Gasteiger partial charge in [-0.05, 0) is 36.8 Å². The molecule has 2 N–H and O–H groups in total. The van der Waals surface area contributed by atoms with E-state index in [9.17, 15) is 4.79 Å². The Balaban J connectivity index is 1.26. The number of nitrogens with zero attached hydrogens (tertiary/aromatic N) is 6. The Morgan fingerprint density at radius 2 is 1.94 bits per heavy atom. The molecule has 1 saturated heterocycles. The van der Waals surface area contributed by atoms with Gasteiger partial charge < -0.3 is 19.9 Å². The van der Waals surface area contributed by atoms with Gasteiger partial charge in [-0.3, -0.25) is 9.89 Å². The van der Waals surface area contributed by atoms with Crippen LogP contribution >= 0.6 is 0 Å². The number of carbonyl (C=O) groups is 1. The Hall–Kier alpha value is -4.08. The van der Waals surface area contributed by atoms with Crippen molar-refractivity contribution in [2.45, 2.75) is 13.3 Å². The molecule has 3 aromatic heterocycles. The molecule has 0 saturated carbocycles. The van der Waals surface area contributed by atoms with Gasteiger partial charge in [0.05, 0.1) is 13.5 Å². The second-order valence-electron chi connectivity index (χ2n) is 8.05. The number of aromatic amines is 1. The van der Waals surface area contributed by atoms with E-state index < -0.39 is 0 Å². The summed E-state index contributed by atoms with van der Waals surface area (Å²) in [5, 5.41) is 15.1. The van der Waals surface area contributed by atoms with Crippen molar-refractivity contribution < 1.29 is 9.53 Å². The summed E-state index contributed by atoms with van der Waals surface area (Å²) >= 11 is 0. The minimum absolute atomic E-state index is 0.123. The van der Waals surface area contributed by atoms with Gasteiger partial charge in [0.25, 0.3) is 0 Å². The van der Waals surface area contributed by atoms with Gasteiger partial charge in [0.1, 0.15) is 11.3 Å². The van der Waals surface area contributed by atoms with Gasteiger partial charge in [0.2, 0.25) is 11.9 Å². The zero-order valence-electron chi connectivity index (χ0n) is 18.7. The summed E-state index contributed by atoms with van der Waals surface area (Å²) in [6.07, 6.45) is 2.28. The topological polar surface area (TPSA) is 104 Å². The van der Waals surface area contributed by atoms with Crippen molar-refractivity contribution in [3.63, 3.8) is 0 Å². The van der Waals surface area contributed by atoms with Crippen LogP contribution in [0.25, 0.3) is 5.52 Å². The first kappa shape index (κ1) is 20.8. The third-order valence-electron chi connectivity index (χ3n) is 5.76. The fourth-order valence-corrected chi connectivity index (χ4v) is 3.94. The van der Waals surface area contributed by atoms with Crippen LogP contribution in [-0.2, 0) is 11.2 Å². The summed E-state index contributed by atoms with van der Waals surface area (Å²) < 4.78 is 7.00. The maximum atomic E-state index is 12.8. The molecule has 0 radical (unpaired) electrons. The fourth-order valence-electron chi connectivity index (χ4n) is 3.94. The number of anilines is 3. The third kappa shape index (κ3) is 4.45. The van der Waals surface area contributed by atoms with Crippen LogP contribution in [0.2, 0.25) is 0 Å². The molecule has 1 aliphatic rings. The zero-order chi connectivity index (χ0) is 22.8. The molecule has 0 atom stereocenters. The first-order valence-corrected chi connectivity index (χ1v) is 10.9. The number of hydrogen-bond donors (Lipinski definition) is 2. The van der Waals surface area contributed by atoms with Gasteiger partial charge >= 0.3 is 0 Å². The number of aromatic nitrogens is 5. The molecule has 1 fully saturated rings. The highest BCUT2D eigenvalue weighted by atomic mass is 16.5. The molecular formula is C23H26N8O2. The fraction of sp³-hybridized carbons (Fsp3) is 0.304. The lowest BCUT2D eigenvalue weighted by Crippen LogP contribution is -2.49. The minimum Gasteiger partial charge on any atom is -0.497 e. The third-order valence-corrected chi connectivity index (χ3v) is 5.76. The van der Waals surface area contributed by atoms with Crippen molar-refractivity contribution in [1.29, 1.82) is 0 Å². The molecule has 4 aromatic rings. The number of methoxy groups -OCH3 is 1. The van der Waals surface area contributed by atoms with Gasteiger partial charge in [-0.25, -0.2) is 4.52 Å². The van der Waals surface area contributed by atoms with Gasteiger partial charge in [-0.1, -0.05) is 12.1 Å². The summed E-state index contributed by atoms with van der Waals surface area (Å²) in [6.45, 7) is 4.54. The molecule has 5 rings (SSSR count). The van der Waals surface area contributed by atoms with Crippen LogP contribution in [0.3, 0.4) is 0 Å². The number of ether oxygens (including phenoxy) is 1. The Bertz CT molecular complexity index is 1260. The molecule has 1 aromatic carbocycles. The van der Waals surface area contributed by atoms with E-state index in [1.807, 2.05) is 65.0 Å². The van der Waals surface area contributed by atoms with Crippen molar-refractivity contribution in [3.8, 4) is 5.75 Å². The SMILES string of the molecule is COc1ccc(CC(=O)N2CCN(c3nc(Nc4cc(C)[nH]n4)c4cccn4n3)CC2)cc1. The van der Waals surface area contributed by atoms with E-state index in [0.717, 1.165) is 22.5 Å². The summed E-state index contributed by atoms with van der Waals surface area (Å²) in [5.41, 5.74) is 2.82. The number of rotatable bonds is 6. The number of fused-ring (bicyclic) bond motifs is 1. The predicted octanol–water partition coefficient (Wildman–Crippen LogP) is 2.40. The summed E-state index contributed by atoms with van der Waals surface area (Å²) in [6, 6.07) is 13.4. The summed E-state index contributed by atoms with van der Waals surface area (Å²) in [7, 11) is 1.63. The second kappa shape index (κ2) is 8.81. The normalized spacial score (nSPS) is 14.0. The van der Waals surface area contributed by atoms with E-state index in [1.165, 1.54) is 0 Å². The maximum absolute atomic E-state index is 12.8. The first-order chi connectivity index (χ1) is 16.1. The molecule has 0 unspecified atom stereocenters. The standard InChI is InChI=1S/C23H26N8O2/c1-16-14-20(27-26-16)24-22-19-4-3-9-31(19)28-23(25-22)30-12-10-29(11-13-30)21(32)15-17-5-7-18(33-2)8-6-17/h3-9,14H,10-13,15H2,1-2H3,(H2,24,25,26,27,28). The number of H-pyrrole nitrogens is 1. The van der Waals surface area contributed by atoms with E-state index in [-0.39, 0.29) is 5.91 Å². The van der Waals surface area contributed by atoms with Crippen molar-refractivity contribution in [1.82, 2.24) is 29.7 Å². The van der Waals surface area contributed by atoms with Crippen LogP contribution < -0.4 is 15.0 Å². The lowest BCUT2D eigenvalue weighted by molar-refractivity contribution is -0.130. The van der Waals surface area contributed by atoms with Crippen molar-refractivity contribution in [2.24, 2.45) is 0 Å². The van der Waals surface area contributed by atoms with E-state index in [0.29, 0.717) is 50.2 Å². The van der Waals surface area contributed by atoms with Crippen molar-refractivity contribution in [2.75, 3.05) is 43.5 Å². The van der Waals surface area contributed by atoms with E-state index in [4.69, 9.17) is 9.72 Å². The number of amides is 1. The van der Waals surface area contributed by atoms with E-state index in [2.05, 4.69) is 25.5 Å². The molecular weight excluding hydrogens is 420 g/mol. The average Bonchev–Trinajstić information content (AvgIpc) is 3.48. The second-order valence-corrected chi connectivity index (χ2v) is 8.05. The number of nitrogens with one attached hydrogen (secondary N) is 2. The van der Waals surface area contributed by atoms with Crippen molar-refractivity contribution >= 4 is 29.0 Å². The first-order valence-electron chi connectivity index (χ1n) is 10.9. The van der Waals surface area contributed by atoms with Crippen LogP contribution in [0.15, 0.2) is 48.7 Å². The van der Waals surface area contributed by atoms with E-state index in [1.54, 1.807) is 7.11 Å². The Morgan fingerprint density at radius 1 is 1.15 bits per heavy atom. The van der Waals surface area contributed by atoms with Crippen molar-refractivity contribution in [3.05, 3.63) is 59.9 Å². The molecule has 0 bridgehead atoms. The van der Waals surface area contributed by atoms with Gasteiger partial charge in [0, 0.05) is 44.1 Å². The van der Waals surface area contributed by atoms with Crippen LogP contribution in [0.4, 0.5) is 17.6 Å². The number of carbonyl (C=O) groups excluding carboxylic acids is 1. The van der Waals surface area contributed by atoms with E-state index >= 15 is 0 Å². The lowest BCUT2D eigenvalue weighted by Gasteiger charge is -2.34. The molecule has 170 valence electrons. The largest absolute Gasteiger partial charge is 0.497 e. The molecule has 4 heterocycles. The Labute approximate surface area is 191 Å². The average molecular weight is 447 g/mol. The quantitative estimate of drug-likeness (QED) is 0.469. The van der Waals surface area contributed by atoms with Gasteiger partial charge in [-0.15, -0.1) is 5.10 Å². The molecule has 0 aliphatic carbocycles. The van der Waals surface area contributed by atoms with Crippen LogP contribution in [0.5, 0.6) is 5.75 Å². The molecule has 10 heteroatoms. The minimum atomic E-state index is 0.123. The van der Waals surface area contributed by atoms with Crippen LogP contribution in [0.1, 0.15) is 11.3 Å². The molecule has 1 amide bonds. The highest BCUT2D eigenvalue weighted by molar-refractivity contribution is 5.79. The molecule has 1 aliphatic heterocycles.